The van der Waals surface area contributed by atoms with Gasteiger partial charge < -0.3 is 10.6 Å². The molecule has 1 aromatic rings. The fourth-order valence-corrected chi connectivity index (χ4v) is 4.33. The molecule has 0 aliphatic heterocycles. The minimum atomic E-state index is -3.63. The van der Waals surface area contributed by atoms with Crippen LogP contribution in [0.4, 0.5) is 5.69 Å². The molecule has 0 radical (unpaired) electrons. The number of carbonyl (C=O) groups excluding carboxylic acids is 1. The van der Waals surface area contributed by atoms with Crippen molar-refractivity contribution in [2.45, 2.75) is 52.1 Å². The Hall–Kier alpha value is -1.44. The quantitative estimate of drug-likeness (QED) is 0.657. The van der Waals surface area contributed by atoms with Gasteiger partial charge in [-0.15, -0.1) is 0 Å². The highest BCUT2D eigenvalue weighted by molar-refractivity contribution is 7.90. The summed E-state index contributed by atoms with van der Waals surface area (Å²) in [5, 5.41) is 5.92. The number of anilines is 1. The smallest absolute Gasteiger partial charge is 0.241 e. The Labute approximate surface area is 150 Å². The van der Waals surface area contributed by atoms with E-state index >= 15 is 0 Å². The van der Waals surface area contributed by atoms with E-state index in [-0.39, 0.29) is 6.04 Å². The van der Waals surface area contributed by atoms with Crippen LogP contribution in [0.15, 0.2) is 24.3 Å². The molecule has 2 rings (SSSR count). The van der Waals surface area contributed by atoms with E-state index in [0.717, 1.165) is 37.8 Å². The lowest BCUT2D eigenvalue weighted by Crippen LogP contribution is -2.41. The Morgan fingerprint density at radius 1 is 1.16 bits per heavy atom. The van der Waals surface area contributed by atoms with Crippen molar-refractivity contribution in [1.82, 2.24) is 10.0 Å². The first-order chi connectivity index (χ1) is 11.9. The van der Waals surface area contributed by atoms with Gasteiger partial charge in [-0.25, -0.2) is 13.1 Å². The van der Waals surface area contributed by atoms with Gasteiger partial charge in [0.2, 0.25) is 15.9 Å². The summed E-state index contributed by atoms with van der Waals surface area (Å²) in [4.78, 5) is 12.2. The highest BCUT2D eigenvalue weighted by atomic mass is 32.2. The molecule has 1 aliphatic rings. The van der Waals surface area contributed by atoms with Crippen LogP contribution in [0.1, 0.15) is 45.1 Å². The predicted molar refractivity (Wildman–Crippen MR) is 101 cm³/mol. The molecule has 3 N–H and O–H groups in total. The first-order valence-corrected chi connectivity index (χ1v) is 10.6. The normalized spacial score (nSPS) is 21.0. The van der Waals surface area contributed by atoms with Crippen molar-refractivity contribution in [3.05, 3.63) is 29.8 Å². The average molecular weight is 368 g/mol. The zero-order valence-corrected chi connectivity index (χ0v) is 15.9. The Balaban J connectivity index is 1.91. The van der Waals surface area contributed by atoms with Crippen molar-refractivity contribution in [3.63, 3.8) is 0 Å². The number of nitrogens with one attached hydrogen (secondary N) is 3. The van der Waals surface area contributed by atoms with Gasteiger partial charge in [0.1, 0.15) is 5.75 Å². The van der Waals surface area contributed by atoms with Crippen molar-refractivity contribution in [1.29, 1.82) is 0 Å². The first-order valence-electron chi connectivity index (χ1n) is 8.98. The van der Waals surface area contributed by atoms with Crippen LogP contribution < -0.4 is 15.4 Å². The van der Waals surface area contributed by atoms with Crippen LogP contribution in [-0.2, 0) is 21.4 Å². The number of hydrogen-bond acceptors (Lipinski definition) is 4. The van der Waals surface area contributed by atoms with Crippen molar-refractivity contribution in [2.24, 2.45) is 5.92 Å². The molecule has 1 saturated carbocycles. The highest BCUT2D eigenvalue weighted by Crippen LogP contribution is 2.24. The number of carbonyl (C=O) groups is 1. The van der Waals surface area contributed by atoms with E-state index in [1.165, 1.54) is 0 Å². The molecule has 0 unspecified atom stereocenters. The van der Waals surface area contributed by atoms with Gasteiger partial charge in [0.15, 0.2) is 0 Å². The van der Waals surface area contributed by atoms with E-state index in [4.69, 9.17) is 0 Å². The van der Waals surface area contributed by atoms with Gasteiger partial charge in [-0.05, 0) is 49.8 Å². The van der Waals surface area contributed by atoms with Crippen molar-refractivity contribution in [3.8, 4) is 0 Å². The molecule has 25 heavy (non-hydrogen) atoms. The fraction of sp³-hybridized carbons (Fsp3) is 0.611. The molecule has 0 atom stereocenters. The third-order valence-electron chi connectivity index (χ3n) is 4.54. The van der Waals surface area contributed by atoms with Crippen LogP contribution >= 0.6 is 0 Å². The molecule has 1 fully saturated rings. The van der Waals surface area contributed by atoms with Crippen molar-refractivity contribution >= 4 is 21.6 Å². The first kappa shape index (κ1) is 19.9. The lowest BCUT2D eigenvalue weighted by atomic mass is 9.88. The zero-order valence-electron chi connectivity index (χ0n) is 15.0. The van der Waals surface area contributed by atoms with Crippen LogP contribution in [0.2, 0.25) is 0 Å². The second-order valence-electron chi connectivity index (χ2n) is 6.82. The van der Waals surface area contributed by atoms with Crippen molar-refractivity contribution < 1.29 is 13.2 Å². The maximum atomic E-state index is 12.3. The summed E-state index contributed by atoms with van der Waals surface area (Å²) >= 11 is 0. The summed E-state index contributed by atoms with van der Waals surface area (Å²) in [7, 11) is -3.63. The number of benzene rings is 1. The third kappa shape index (κ3) is 6.76. The third-order valence-corrected chi connectivity index (χ3v) is 5.87. The monoisotopic (exact) mass is 367 g/mol. The van der Waals surface area contributed by atoms with Gasteiger partial charge >= 0.3 is 0 Å². The maximum absolute atomic E-state index is 12.3. The number of para-hydroxylation sites is 1. The average Bonchev–Trinajstić information content (AvgIpc) is 2.55. The second kappa shape index (κ2) is 9.31. The van der Waals surface area contributed by atoms with E-state index in [0.29, 0.717) is 18.2 Å². The number of rotatable bonds is 8. The summed E-state index contributed by atoms with van der Waals surface area (Å²) < 4.78 is 27.2. The predicted octanol–water partition coefficient (Wildman–Crippen LogP) is 2.23. The van der Waals surface area contributed by atoms with Gasteiger partial charge in [0.05, 0.1) is 0 Å². The van der Waals surface area contributed by atoms with E-state index in [9.17, 15) is 13.2 Å². The molecule has 140 valence electrons. The molecule has 1 amide bonds. The topological polar surface area (TPSA) is 87.3 Å². The van der Waals surface area contributed by atoms with Crippen LogP contribution in [0, 0.1) is 5.92 Å². The zero-order chi connectivity index (χ0) is 18.3. The van der Waals surface area contributed by atoms with Gasteiger partial charge in [-0.3, -0.25) is 4.79 Å². The lowest BCUT2D eigenvalue weighted by molar-refractivity contribution is -0.113. The molecule has 6 nitrogen and oxygen atoms in total. The maximum Gasteiger partial charge on any atom is 0.241 e. The molecular weight excluding hydrogens is 338 g/mol. The lowest BCUT2D eigenvalue weighted by Gasteiger charge is -2.26. The SMILES string of the molecule is CCNCc1ccccc1NC(=O)CS(=O)(=O)NC1CCC(C)CC1. The largest absolute Gasteiger partial charge is 0.325 e. The Morgan fingerprint density at radius 3 is 2.52 bits per heavy atom. The molecule has 0 saturated heterocycles. The van der Waals surface area contributed by atoms with E-state index in [1.54, 1.807) is 6.07 Å². The standard InChI is InChI=1S/C18H29N3O3S/c1-3-19-12-15-6-4-5-7-17(15)20-18(22)13-25(23,24)21-16-10-8-14(2)9-11-16/h4-7,14,16,19,21H,3,8-13H2,1-2H3,(H,20,22). The minimum absolute atomic E-state index is 0.0463. The Bertz CT molecular complexity index is 668. The summed E-state index contributed by atoms with van der Waals surface area (Å²) in [6.45, 7) is 5.63. The van der Waals surface area contributed by atoms with Crippen LogP contribution in [0.3, 0.4) is 0 Å². The molecule has 0 spiro atoms. The Morgan fingerprint density at radius 2 is 1.84 bits per heavy atom. The van der Waals surface area contributed by atoms with Crippen LogP contribution in [0.25, 0.3) is 0 Å². The van der Waals surface area contributed by atoms with Crippen LogP contribution in [-0.4, -0.2) is 32.7 Å². The van der Waals surface area contributed by atoms with Crippen molar-refractivity contribution in [2.75, 3.05) is 17.6 Å². The molecule has 1 aliphatic carbocycles. The van der Waals surface area contributed by atoms with Gasteiger partial charge in [-0.1, -0.05) is 32.0 Å². The number of amides is 1. The molecule has 0 bridgehead atoms. The highest BCUT2D eigenvalue weighted by Gasteiger charge is 2.24. The van der Waals surface area contributed by atoms with Gasteiger partial charge in [0.25, 0.3) is 0 Å². The molecule has 0 aromatic heterocycles. The minimum Gasteiger partial charge on any atom is -0.325 e. The molecule has 7 heteroatoms. The fourth-order valence-electron chi connectivity index (χ4n) is 3.09. The van der Waals surface area contributed by atoms with E-state index in [1.807, 2.05) is 25.1 Å². The van der Waals surface area contributed by atoms with Gasteiger partial charge in [0, 0.05) is 18.3 Å². The summed E-state index contributed by atoms with van der Waals surface area (Å²) in [5.74, 6) is -0.410. The Kier molecular flexibility index (Phi) is 7.40. The summed E-state index contributed by atoms with van der Waals surface area (Å²) in [6, 6.07) is 7.36. The molecular formula is C18H29N3O3S. The molecule has 1 aromatic carbocycles. The summed E-state index contributed by atoms with van der Waals surface area (Å²) in [5.41, 5.74) is 1.58. The van der Waals surface area contributed by atoms with E-state index < -0.39 is 21.7 Å². The number of sulfonamides is 1. The van der Waals surface area contributed by atoms with Gasteiger partial charge in [-0.2, -0.15) is 0 Å². The number of hydrogen-bond donors (Lipinski definition) is 3. The van der Waals surface area contributed by atoms with Crippen LogP contribution in [0.5, 0.6) is 0 Å². The van der Waals surface area contributed by atoms with E-state index in [2.05, 4.69) is 22.3 Å². The second-order valence-corrected chi connectivity index (χ2v) is 8.57. The molecule has 0 heterocycles. The summed E-state index contributed by atoms with van der Waals surface area (Å²) in [6.07, 6.45) is 3.73.